The van der Waals surface area contributed by atoms with Gasteiger partial charge in [-0.05, 0) is 111 Å². The Morgan fingerprint density at radius 3 is 1.29 bits per heavy atom. The Labute approximate surface area is 325 Å². The normalized spacial score (nSPS) is 11.6. The quantitative estimate of drug-likeness (QED) is 0.162. The van der Waals surface area contributed by atoms with E-state index >= 15 is 0 Å². The summed E-state index contributed by atoms with van der Waals surface area (Å²) in [5.41, 5.74) is 16.8. The van der Waals surface area contributed by atoms with Gasteiger partial charge in [0.2, 0.25) is 0 Å². The standard InChI is InChI=1S/C54H36N2/c1-5-15-37(16-6-1)39-25-29-45(38-17-7-2-8-18-38)48(33-39)42-26-30-47-50-35-41(28-32-53(50)56(54(47)36-42)44-21-11-4-12-22-44)40-27-31-52-49(34-40)46-23-13-14-24-51(46)55(52)43-19-9-3-10-20-43/h1-36H. The van der Waals surface area contributed by atoms with Gasteiger partial charge in [0.1, 0.15) is 0 Å². The van der Waals surface area contributed by atoms with Crippen LogP contribution in [-0.4, -0.2) is 9.13 Å². The third kappa shape index (κ3) is 5.26. The molecule has 0 aliphatic heterocycles. The lowest BCUT2D eigenvalue weighted by Crippen LogP contribution is -1.94. The van der Waals surface area contributed by atoms with Crippen LogP contribution in [0.25, 0.3) is 99.5 Å². The molecule has 2 nitrogen and oxygen atoms in total. The average Bonchev–Trinajstić information content (AvgIpc) is 3.79. The molecule has 0 aliphatic rings. The Kier molecular flexibility index (Phi) is 7.53. The van der Waals surface area contributed by atoms with Crippen molar-refractivity contribution in [2.24, 2.45) is 0 Å². The SMILES string of the molecule is c1ccc(-c2ccc(-c3ccccc3)c(-c3ccc4c5cc(-c6ccc7c(c6)c6ccccc6n7-c6ccccc6)ccc5n(-c5ccccc5)c4c3)c2)cc1. The van der Waals surface area contributed by atoms with Crippen molar-refractivity contribution in [2.75, 3.05) is 0 Å². The van der Waals surface area contributed by atoms with Crippen molar-refractivity contribution in [1.29, 1.82) is 0 Å². The number of para-hydroxylation sites is 3. The molecule has 0 fully saturated rings. The summed E-state index contributed by atoms with van der Waals surface area (Å²) in [6.45, 7) is 0. The highest BCUT2D eigenvalue weighted by Crippen LogP contribution is 2.41. The fourth-order valence-electron chi connectivity index (χ4n) is 8.69. The molecule has 9 aromatic carbocycles. The molecule has 2 heteroatoms. The average molecular weight is 713 g/mol. The predicted octanol–water partition coefficient (Wildman–Crippen LogP) is 14.5. The van der Waals surface area contributed by atoms with Crippen molar-refractivity contribution in [3.8, 4) is 55.9 Å². The van der Waals surface area contributed by atoms with E-state index in [-0.39, 0.29) is 0 Å². The van der Waals surface area contributed by atoms with Crippen LogP contribution in [0.3, 0.4) is 0 Å². The van der Waals surface area contributed by atoms with Gasteiger partial charge in [0.15, 0.2) is 0 Å². The summed E-state index contributed by atoms with van der Waals surface area (Å²) >= 11 is 0. The van der Waals surface area contributed by atoms with Crippen LogP contribution in [0.4, 0.5) is 0 Å². The van der Waals surface area contributed by atoms with Crippen molar-refractivity contribution in [1.82, 2.24) is 9.13 Å². The monoisotopic (exact) mass is 712 g/mol. The van der Waals surface area contributed by atoms with Crippen LogP contribution >= 0.6 is 0 Å². The summed E-state index contributed by atoms with van der Waals surface area (Å²) in [6.07, 6.45) is 0. The van der Waals surface area contributed by atoms with E-state index < -0.39 is 0 Å². The van der Waals surface area contributed by atoms with Gasteiger partial charge in [-0.2, -0.15) is 0 Å². The Balaban J connectivity index is 1.11. The maximum atomic E-state index is 2.43. The lowest BCUT2D eigenvalue weighted by molar-refractivity contribution is 1.18. The zero-order valence-corrected chi connectivity index (χ0v) is 30.7. The van der Waals surface area contributed by atoms with Gasteiger partial charge in [-0.1, -0.05) is 152 Å². The van der Waals surface area contributed by atoms with Crippen LogP contribution in [-0.2, 0) is 0 Å². The second kappa shape index (κ2) is 13.2. The smallest absolute Gasteiger partial charge is 0.0547 e. The minimum atomic E-state index is 1.15. The van der Waals surface area contributed by atoms with Crippen LogP contribution in [0.2, 0.25) is 0 Å². The highest BCUT2D eigenvalue weighted by atomic mass is 15.0. The molecule has 11 aromatic rings. The van der Waals surface area contributed by atoms with Gasteiger partial charge in [-0.15, -0.1) is 0 Å². The van der Waals surface area contributed by atoms with Gasteiger partial charge in [-0.3, -0.25) is 0 Å². The number of fused-ring (bicyclic) bond motifs is 6. The number of hydrogen-bond acceptors (Lipinski definition) is 0. The van der Waals surface area contributed by atoms with E-state index in [1.54, 1.807) is 0 Å². The van der Waals surface area contributed by atoms with E-state index in [4.69, 9.17) is 0 Å². The minimum Gasteiger partial charge on any atom is -0.309 e. The third-order valence-corrected chi connectivity index (χ3v) is 11.3. The highest BCUT2D eigenvalue weighted by Gasteiger charge is 2.18. The zero-order valence-electron chi connectivity index (χ0n) is 30.7. The van der Waals surface area contributed by atoms with Crippen molar-refractivity contribution in [3.05, 3.63) is 218 Å². The first-order valence-corrected chi connectivity index (χ1v) is 19.3. The van der Waals surface area contributed by atoms with Crippen LogP contribution in [0.5, 0.6) is 0 Å². The summed E-state index contributed by atoms with van der Waals surface area (Å²) in [6, 6.07) is 79.4. The molecule has 11 rings (SSSR count). The summed E-state index contributed by atoms with van der Waals surface area (Å²) < 4.78 is 4.80. The minimum absolute atomic E-state index is 1.15. The lowest BCUT2D eigenvalue weighted by Gasteiger charge is -2.14. The van der Waals surface area contributed by atoms with Gasteiger partial charge < -0.3 is 9.13 Å². The number of aromatic nitrogens is 2. The number of nitrogens with zero attached hydrogens (tertiary/aromatic N) is 2. The van der Waals surface area contributed by atoms with Crippen LogP contribution < -0.4 is 0 Å². The summed E-state index contributed by atoms with van der Waals surface area (Å²) in [4.78, 5) is 0. The highest BCUT2D eigenvalue weighted by molar-refractivity contribution is 6.13. The third-order valence-electron chi connectivity index (χ3n) is 11.3. The van der Waals surface area contributed by atoms with Crippen molar-refractivity contribution >= 4 is 43.6 Å². The van der Waals surface area contributed by atoms with Crippen LogP contribution in [0.1, 0.15) is 0 Å². The molecule has 56 heavy (non-hydrogen) atoms. The summed E-state index contributed by atoms with van der Waals surface area (Å²) in [5.74, 6) is 0. The van der Waals surface area contributed by atoms with E-state index in [0.29, 0.717) is 0 Å². The fraction of sp³-hybridized carbons (Fsp3) is 0. The van der Waals surface area contributed by atoms with Gasteiger partial charge in [-0.25, -0.2) is 0 Å². The zero-order chi connectivity index (χ0) is 37.0. The summed E-state index contributed by atoms with van der Waals surface area (Å²) in [5, 5.41) is 4.98. The molecule has 0 saturated carbocycles. The van der Waals surface area contributed by atoms with E-state index in [0.717, 1.165) is 5.69 Å². The first kappa shape index (κ1) is 32.0. The molecule has 262 valence electrons. The van der Waals surface area contributed by atoms with Gasteiger partial charge in [0, 0.05) is 32.9 Å². The van der Waals surface area contributed by atoms with Crippen LogP contribution in [0.15, 0.2) is 218 Å². The molecular formula is C54H36N2. The molecule has 0 radical (unpaired) electrons. The molecule has 0 unspecified atom stereocenters. The molecule has 2 heterocycles. The molecular weight excluding hydrogens is 677 g/mol. The number of rotatable bonds is 6. The van der Waals surface area contributed by atoms with E-state index in [1.807, 2.05) is 0 Å². The van der Waals surface area contributed by atoms with E-state index in [1.165, 1.54) is 93.8 Å². The maximum absolute atomic E-state index is 2.43. The second-order valence-corrected chi connectivity index (χ2v) is 14.5. The summed E-state index contributed by atoms with van der Waals surface area (Å²) in [7, 11) is 0. The molecule has 0 N–H and O–H groups in total. The van der Waals surface area contributed by atoms with Crippen molar-refractivity contribution in [3.63, 3.8) is 0 Å². The molecule has 2 aromatic heterocycles. The van der Waals surface area contributed by atoms with E-state index in [2.05, 4.69) is 228 Å². The van der Waals surface area contributed by atoms with Crippen LogP contribution in [0, 0.1) is 0 Å². The second-order valence-electron chi connectivity index (χ2n) is 14.5. The predicted molar refractivity (Wildman–Crippen MR) is 237 cm³/mol. The molecule has 0 amide bonds. The Morgan fingerprint density at radius 1 is 0.214 bits per heavy atom. The Morgan fingerprint density at radius 2 is 0.661 bits per heavy atom. The number of benzene rings is 9. The molecule has 0 saturated heterocycles. The van der Waals surface area contributed by atoms with Crippen molar-refractivity contribution in [2.45, 2.75) is 0 Å². The Hall–Kier alpha value is -7.42. The molecule has 0 aliphatic carbocycles. The number of hydrogen-bond donors (Lipinski definition) is 0. The first-order valence-electron chi connectivity index (χ1n) is 19.3. The van der Waals surface area contributed by atoms with Crippen molar-refractivity contribution < 1.29 is 0 Å². The molecule has 0 spiro atoms. The topological polar surface area (TPSA) is 9.86 Å². The molecule has 0 bridgehead atoms. The Bertz CT molecular complexity index is 3210. The van der Waals surface area contributed by atoms with E-state index in [9.17, 15) is 0 Å². The fourth-order valence-corrected chi connectivity index (χ4v) is 8.69. The lowest BCUT2D eigenvalue weighted by atomic mass is 9.90. The first-order chi connectivity index (χ1) is 27.8. The maximum Gasteiger partial charge on any atom is 0.0547 e. The van der Waals surface area contributed by atoms with Gasteiger partial charge >= 0.3 is 0 Å². The largest absolute Gasteiger partial charge is 0.309 e. The van der Waals surface area contributed by atoms with Gasteiger partial charge in [0.05, 0.1) is 22.1 Å². The molecule has 0 atom stereocenters. The van der Waals surface area contributed by atoms with Gasteiger partial charge in [0.25, 0.3) is 0 Å².